The van der Waals surface area contributed by atoms with Crippen LogP contribution in [0.25, 0.3) is 10.2 Å². The molecule has 2 aromatic rings. The van der Waals surface area contributed by atoms with E-state index in [-0.39, 0.29) is 0 Å². The second-order valence-electron chi connectivity index (χ2n) is 8.70. The summed E-state index contributed by atoms with van der Waals surface area (Å²) in [4.78, 5) is 18.5. The Balaban J connectivity index is 1.41. The largest absolute Gasteiger partial charge is 0.354 e. The van der Waals surface area contributed by atoms with Gasteiger partial charge in [-0.2, -0.15) is 0 Å². The summed E-state index contributed by atoms with van der Waals surface area (Å²) in [6, 6.07) is 0.737. The zero-order chi connectivity index (χ0) is 17.1. The first kappa shape index (κ1) is 15.8. The lowest BCUT2D eigenvalue weighted by molar-refractivity contribution is 0.260. The van der Waals surface area contributed by atoms with Gasteiger partial charge in [-0.3, -0.25) is 4.90 Å². The number of likely N-dealkylation sites (tertiary alicyclic amines) is 1. The van der Waals surface area contributed by atoms with Crippen LogP contribution in [-0.2, 0) is 12.8 Å². The van der Waals surface area contributed by atoms with Gasteiger partial charge in [0.05, 0.1) is 5.39 Å². The zero-order valence-corrected chi connectivity index (χ0v) is 16.4. The molecule has 2 aromatic heterocycles. The van der Waals surface area contributed by atoms with E-state index in [1.165, 1.54) is 100 Å². The van der Waals surface area contributed by atoms with Gasteiger partial charge in [0.2, 0.25) is 0 Å². The standard InChI is InChI=1S/C21H28N4S/c1-2-6-17-16(5-1)18-20(22-19(14-7-8-14)23-21(18)26-17)25-12-9-15(13-25)24-10-3-4-11-24/h14-15H,1-13H2. The molecule has 0 N–H and O–H groups in total. The van der Waals surface area contributed by atoms with Gasteiger partial charge in [-0.05, 0) is 76.4 Å². The van der Waals surface area contributed by atoms with Crippen molar-refractivity contribution in [1.82, 2.24) is 14.9 Å². The van der Waals surface area contributed by atoms with Crippen molar-refractivity contribution in [2.24, 2.45) is 0 Å². The normalized spacial score (nSPS) is 26.8. The molecule has 1 atom stereocenters. The first-order chi connectivity index (χ1) is 12.9. The Labute approximate surface area is 159 Å². The zero-order valence-electron chi connectivity index (χ0n) is 15.5. The van der Waals surface area contributed by atoms with Gasteiger partial charge in [0.1, 0.15) is 16.5 Å². The summed E-state index contributed by atoms with van der Waals surface area (Å²) in [6.45, 7) is 4.95. The minimum Gasteiger partial charge on any atom is -0.354 e. The van der Waals surface area contributed by atoms with E-state index in [9.17, 15) is 0 Å². The summed E-state index contributed by atoms with van der Waals surface area (Å²) in [5.74, 6) is 3.06. The van der Waals surface area contributed by atoms with Gasteiger partial charge in [0.15, 0.2) is 0 Å². The monoisotopic (exact) mass is 368 g/mol. The smallest absolute Gasteiger partial charge is 0.141 e. The number of anilines is 1. The Morgan fingerprint density at radius 3 is 2.58 bits per heavy atom. The maximum absolute atomic E-state index is 5.19. The van der Waals surface area contributed by atoms with Crippen LogP contribution in [0, 0.1) is 0 Å². The number of rotatable bonds is 3. The first-order valence-electron chi connectivity index (χ1n) is 10.7. The van der Waals surface area contributed by atoms with Crippen molar-refractivity contribution < 1.29 is 0 Å². The van der Waals surface area contributed by atoms with Crippen molar-refractivity contribution >= 4 is 27.4 Å². The summed E-state index contributed by atoms with van der Waals surface area (Å²) in [5.41, 5.74) is 1.60. The molecule has 6 rings (SSSR count). The maximum atomic E-state index is 5.19. The Bertz CT molecular complexity index is 834. The van der Waals surface area contributed by atoms with Crippen molar-refractivity contribution in [3.05, 3.63) is 16.3 Å². The van der Waals surface area contributed by atoms with Crippen molar-refractivity contribution in [1.29, 1.82) is 0 Å². The molecule has 3 fully saturated rings. The molecule has 1 saturated carbocycles. The number of nitrogens with zero attached hydrogens (tertiary/aromatic N) is 4. The molecular weight excluding hydrogens is 340 g/mol. The fraction of sp³-hybridized carbons (Fsp3) is 0.714. The summed E-state index contributed by atoms with van der Waals surface area (Å²) < 4.78 is 0. The average molecular weight is 369 g/mol. The van der Waals surface area contributed by atoms with Crippen LogP contribution < -0.4 is 4.90 Å². The highest BCUT2D eigenvalue weighted by atomic mass is 32.1. The molecule has 4 aliphatic rings. The van der Waals surface area contributed by atoms with E-state index in [0.717, 1.165) is 11.9 Å². The summed E-state index contributed by atoms with van der Waals surface area (Å²) >= 11 is 1.97. The van der Waals surface area contributed by atoms with E-state index in [4.69, 9.17) is 9.97 Å². The number of hydrogen-bond acceptors (Lipinski definition) is 5. The molecule has 5 heteroatoms. The van der Waals surface area contributed by atoms with Gasteiger partial charge in [-0.15, -0.1) is 11.3 Å². The second-order valence-corrected chi connectivity index (χ2v) is 9.79. The molecule has 4 nitrogen and oxygen atoms in total. The van der Waals surface area contributed by atoms with Crippen LogP contribution in [0.3, 0.4) is 0 Å². The van der Waals surface area contributed by atoms with Crippen LogP contribution in [0.15, 0.2) is 0 Å². The number of aromatic nitrogens is 2. The van der Waals surface area contributed by atoms with Gasteiger partial charge in [0.25, 0.3) is 0 Å². The van der Waals surface area contributed by atoms with E-state index in [1.807, 2.05) is 11.3 Å². The highest BCUT2D eigenvalue weighted by Gasteiger charge is 2.34. The quantitative estimate of drug-likeness (QED) is 0.816. The lowest BCUT2D eigenvalue weighted by Gasteiger charge is -2.25. The third-order valence-corrected chi connectivity index (χ3v) is 8.06. The molecule has 0 spiro atoms. The third kappa shape index (κ3) is 2.58. The van der Waals surface area contributed by atoms with Gasteiger partial charge in [-0.25, -0.2) is 9.97 Å². The number of fused-ring (bicyclic) bond motifs is 3. The molecule has 2 saturated heterocycles. The van der Waals surface area contributed by atoms with E-state index in [1.54, 1.807) is 10.4 Å². The fourth-order valence-electron chi connectivity index (χ4n) is 5.25. The molecule has 0 amide bonds. The Morgan fingerprint density at radius 2 is 1.73 bits per heavy atom. The van der Waals surface area contributed by atoms with Crippen LogP contribution in [0.5, 0.6) is 0 Å². The minimum atomic E-state index is 0.634. The lowest BCUT2D eigenvalue weighted by Crippen LogP contribution is -2.35. The molecule has 2 aliphatic carbocycles. The first-order valence-corrected chi connectivity index (χ1v) is 11.5. The predicted octanol–water partition coefficient (Wildman–Crippen LogP) is 4.12. The molecule has 2 aliphatic heterocycles. The second kappa shape index (κ2) is 6.16. The molecule has 0 aromatic carbocycles. The van der Waals surface area contributed by atoms with E-state index >= 15 is 0 Å². The van der Waals surface area contributed by atoms with Crippen LogP contribution in [0.4, 0.5) is 5.82 Å². The Hall–Kier alpha value is -1.20. The van der Waals surface area contributed by atoms with Crippen LogP contribution in [0.2, 0.25) is 0 Å². The van der Waals surface area contributed by atoms with Crippen LogP contribution >= 0.6 is 11.3 Å². The van der Waals surface area contributed by atoms with E-state index in [2.05, 4.69) is 9.80 Å². The van der Waals surface area contributed by atoms with Crippen molar-refractivity contribution in [2.45, 2.75) is 69.7 Å². The average Bonchev–Trinajstić information content (AvgIpc) is 3.09. The van der Waals surface area contributed by atoms with Gasteiger partial charge < -0.3 is 4.90 Å². The Kier molecular flexibility index (Phi) is 3.75. The topological polar surface area (TPSA) is 32.3 Å². The lowest BCUT2D eigenvalue weighted by atomic mass is 9.97. The predicted molar refractivity (Wildman–Crippen MR) is 107 cm³/mol. The van der Waals surface area contributed by atoms with Crippen molar-refractivity contribution in [3.63, 3.8) is 0 Å². The summed E-state index contributed by atoms with van der Waals surface area (Å²) in [7, 11) is 0. The fourth-order valence-corrected chi connectivity index (χ4v) is 6.51. The summed E-state index contributed by atoms with van der Waals surface area (Å²) in [5, 5.41) is 1.43. The van der Waals surface area contributed by atoms with Gasteiger partial charge in [0, 0.05) is 29.9 Å². The molecule has 4 heterocycles. The minimum absolute atomic E-state index is 0.634. The SMILES string of the molecule is C1CCc2c(sc3nc(C4CC4)nc(N4CCC(N5CCCC5)C4)c23)C1. The maximum Gasteiger partial charge on any atom is 0.141 e. The number of aryl methyl sites for hydroxylation is 2. The number of hydrogen-bond donors (Lipinski definition) is 0. The molecule has 0 radical (unpaired) electrons. The van der Waals surface area contributed by atoms with Crippen LogP contribution in [-0.4, -0.2) is 47.1 Å². The third-order valence-electron chi connectivity index (χ3n) is 6.88. The van der Waals surface area contributed by atoms with Gasteiger partial charge in [-0.1, -0.05) is 0 Å². The van der Waals surface area contributed by atoms with Gasteiger partial charge >= 0.3 is 0 Å². The molecule has 26 heavy (non-hydrogen) atoms. The van der Waals surface area contributed by atoms with E-state index < -0.39 is 0 Å². The van der Waals surface area contributed by atoms with Crippen molar-refractivity contribution in [3.8, 4) is 0 Å². The molecule has 138 valence electrons. The highest BCUT2D eigenvalue weighted by Crippen LogP contribution is 2.44. The molecule has 1 unspecified atom stereocenters. The van der Waals surface area contributed by atoms with E-state index in [0.29, 0.717) is 5.92 Å². The summed E-state index contributed by atoms with van der Waals surface area (Å²) in [6.07, 6.45) is 11.8. The highest BCUT2D eigenvalue weighted by molar-refractivity contribution is 7.19. The Morgan fingerprint density at radius 1 is 0.885 bits per heavy atom. The molecule has 0 bridgehead atoms. The molecular formula is C21H28N4S. The van der Waals surface area contributed by atoms with Crippen molar-refractivity contribution in [2.75, 3.05) is 31.1 Å². The number of thiophene rings is 1. The van der Waals surface area contributed by atoms with Crippen LogP contribution in [0.1, 0.15) is 67.1 Å².